The van der Waals surface area contributed by atoms with E-state index in [0.29, 0.717) is 23.6 Å². The van der Waals surface area contributed by atoms with Gasteiger partial charge in [0.1, 0.15) is 0 Å². The van der Waals surface area contributed by atoms with Crippen LogP contribution in [0.15, 0.2) is 23.1 Å². The average Bonchev–Trinajstić information content (AvgIpc) is 2.38. The Morgan fingerprint density at radius 2 is 2.18 bits per heavy atom. The molecule has 0 aliphatic carbocycles. The summed E-state index contributed by atoms with van der Waals surface area (Å²) in [6.45, 7) is 2.66. The molecule has 0 radical (unpaired) electrons. The van der Waals surface area contributed by atoms with Crippen molar-refractivity contribution in [3.63, 3.8) is 0 Å². The molecule has 1 fully saturated rings. The first-order chi connectivity index (χ1) is 8.29. The van der Waals surface area contributed by atoms with Crippen molar-refractivity contribution < 1.29 is 9.29 Å². The van der Waals surface area contributed by atoms with E-state index in [9.17, 15) is 0 Å². The van der Waals surface area contributed by atoms with E-state index in [4.69, 9.17) is 15.0 Å². The lowest BCUT2D eigenvalue weighted by atomic mass is 10.0. The first-order valence-electron chi connectivity index (χ1n) is 5.82. The highest BCUT2D eigenvalue weighted by atomic mass is 32.2. The minimum atomic E-state index is 0.662. The number of nitrogens with two attached hydrogens (primary N) is 1. The summed E-state index contributed by atoms with van der Waals surface area (Å²) in [7, 11) is 0. The summed E-state index contributed by atoms with van der Waals surface area (Å²) in [5, 5.41) is 3.36. The molecule has 17 heavy (non-hydrogen) atoms. The molecule has 1 aliphatic rings. The first-order valence-corrected chi connectivity index (χ1v) is 6.59. The molecule has 0 saturated carbocycles. The zero-order chi connectivity index (χ0) is 12.1. The van der Waals surface area contributed by atoms with E-state index in [2.05, 4.69) is 5.32 Å². The van der Waals surface area contributed by atoms with Crippen molar-refractivity contribution >= 4 is 23.4 Å². The Morgan fingerprint density at radius 3 is 2.82 bits per heavy atom. The Labute approximate surface area is 106 Å². The van der Waals surface area contributed by atoms with Crippen LogP contribution in [-0.2, 0) is 4.74 Å². The standard InChI is InChI=1S/C12H18N2O2S/c13-11-7-10(17-15)1-2-12(11)14-8-9-3-5-16-6-4-9/h1-2,7,9,14-15H,3-6,8,13H2. The maximum Gasteiger partial charge on any atom is 0.0574 e. The largest absolute Gasteiger partial charge is 0.397 e. The van der Waals surface area contributed by atoms with E-state index in [1.54, 1.807) is 6.07 Å². The fourth-order valence-corrected chi connectivity index (χ4v) is 2.27. The SMILES string of the molecule is Nc1cc(SO)ccc1NCC1CCOCC1. The predicted octanol–water partition coefficient (Wildman–Crippen LogP) is 2.67. The van der Waals surface area contributed by atoms with E-state index >= 15 is 0 Å². The molecule has 1 aromatic carbocycles. The van der Waals surface area contributed by atoms with Gasteiger partial charge in [0.05, 0.1) is 11.4 Å². The Morgan fingerprint density at radius 1 is 1.41 bits per heavy atom. The van der Waals surface area contributed by atoms with E-state index < -0.39 is 0 Å². The van der Waals surface area contributed by atoms with Crippen LogP contribution < -0.4 is 11.1 Å². The number of hydrogen-bond donors (Lipinski definition) is 3. The van der Waals surface area contributed by atoms with Crippen molar-refractivity contribution in [1.82, 2.24) is 0 Å². The summed E-state index contributed by atoms with van der Waals surface area (Å²) in [5.41, 5.74) is 7.52. The summed E-state index contributed by atoms with van der Waals surface area (Å²) in [4.78, 5) is 0.763. The van der Waals surface area contributed by atoms with Crippen LogP contribution in [0.4, 0.5) is 11.4 Å². The molecule has 0 spiro atoms. The maximum atomic E-state index is 8.91. The molecule has 5 heteroatoms. The second kappa shape index (κ2) is 6.14. The van der Waals surface area contributed by atoms with Gasteiger partial charge in [0, 0.05) is 36.7 Å². The lowest BCUT2D eigenvalue weighted by molar-refractivity contribution is 0.0699. The van der Waals surface area contributed by atoms with Crippen molar-refractivity contribution in [1.29, 1.82) is 0 Å². The van der Waals surface area contributed by atoms with Gasteiger partial charge in [-0.15, -0.1) is 0 Å². The number of hydrogen-bond acceptors (Lipinski definition) is 5. The van der Waals surface area contributed by atoms with Crippen LogP contribution in [-0.4, -0.2) is 24.3 Å². The summed E-state index contributed by atoms with van der Waals surface area (Å²) < 4.78 is 14.2. The van der Waals surface area contributed by atoms with Crippen LogP contribution in [0.25, 0.3) is 0 Å². The lowest BCUT2D eigenvalue weighted by Crippen LogP contribution is -2.22. The molecule has 4 nitrogen and oxygen atoms in total. The third-order valence-electron chi connectivity index (χ3n) is 3.05. The molecule has 2 rings (SSSR count). The molecule has 0 bridgehead atoms. The molecule has 1 heterocycles. The van der Waals surface area contributed by atoms with E-state index in [1.165, 1.54) is 0 Å². The number of ether oxygens (including phenoxy) is 1. The van der Waals surface area contributed by atoms with Gasteiger partial charge >= 0.3 is 0 Å². The molecule has 0 unspecified atom stereocenters. The van der Waals surface area contributed by atoms with Crippen molar-refractivity contribution in [2.45, 2.75) is 17.7 Å². The van der Waals surface area contributed by atoms with Gasteiger partial charge in [0.2, 0.25) is 0 Å². The Bertz CT molecular complexity index is 368. The first kappa shape index (κ1) is 12.5. The van der Waals surface area contributed by atoms with Crippen LogP contribution in [0.5, 0.6) is 0 Å². The molecule has 1 aromatic rings. The number of rotatable bonds is 4. The van der Waals surface area contributed by atoms with Crippen molar-refractivity contribution in [2.24, 2.45) is 5.92 Å². The van der Waals surface area contributed by atoms with Crippen LogP contribution in [0.3, 0.4) is 0 Å². The van der Waals surface area contributed by atoms with Gasteiger partial charge in [-0.1, -0.05) is 0 Å². The van der Waals surface area contributed by atoms with Crippen LogP contribution in [0, 0.1) is 5.92 Å². The van der Waals surface area contributed by atoms with E-state index in [0.717, 1.165) is 43.2 Å². The van der Waals surface area contributed by atoms with Gasteiger partial charge in [-0.3, -0.25) is 0 Å². The molecule has 0 aromatic heterocycles. The second-order valence-corrected chi connectivity index (χ2v) is 4.93. The third-order valence-corrected chi connectivity index (χ3v) is 3.52. The predicted molar refractivity (Wildman–Crippen MR) is 71.4 cm³/mol. The van der Waals surface area contributed by atoms with Crippen molar-refractivity contribution in [2.75, 3.05) is 30.8 Å². The van der Waals surface area contributed by atoms with Gasteiger partial charge < -0.3 is 20.3 Å². The summed E-state index contributed by atoms with van der Waals surface area (Å²) >= 11 is 0.714. The molecular formula is C12H18N2O2S. The lowest BCUT2D eigenvalue weighted by Gasteiger charge is -2.23. The highest BCUT2D eigenvalue weighted by Crippen LogP contribution is 2.25. The molecular weight excluding hydrogens is 236 g/mol. The van der Waals surface area contributed by atoms with Crippen molar-refractivity contribution in [3.05, 3.63) is 18.2 Å². The Balaban J connectivity index is 1.89. The molecule has 1 saturated heterocycles. The van der Waals surface area contributed by atoms with Gasteiger partial charge in [-0.25, -0.2) is 0 Å². The zero-order valence-corrected chi connectivity index (χ0v) is 10.5. The summed E-state index contributed by atoms with van der Waals surface area (Å²) in [5.74, 6) is 0.662. The monoisotopic (exact) mass is 254 g/mol. The van der Waals surface area contributed by atoms with Crippen LogP contribution in [0.1, 0.15) is 12.8 Å². The van der Waals surface area contributed by atoms with E-state index in [1.807, 2.05) is 12.1 Å². The summed E-state index contributed by atoms with van der Waals surface area (Å²) in [6, 6.07) is 5.54. The fraction of sp³-hybridized carbons (Fsp3) is 0.500. The zero-order valence-electron chi connectivity index (χ0n) is 9.69. The van der Waals surface area contributed by atoms with Gasteiger partial charge in [-0.2, -0.15) is 0 Å². The number of benzene rings is 1. The Hall–Kier alpha value is -0.910. The molecule has 1 aliphatic heterocycles. The average molecular weight is 254 g/mol. The number of anilines is 2. The van der Waals surface area contributed by atoms with Crippen molar-refractivity contribution in [3.8, 4) is 0 Å². The minimum Gasteiger partial charge on any atom is -0.397 e. The molecule has 4 N–H and O–H groups in total. The van der Waals surface area contributed by atoms with E-state index in [-0.39, 0.29) is 0 Å². The Kier molecular flexibility index (Phi) is 4.53. The summed E-state index contributed by atoms with van der Waals surface area (Å²) in [6.07, 6.45) is 2.22. The molecule has 0 amide bonds. The fourth-order valence-electron chi connectivity index (χ4n) is 1.96. The molecule has 94 valence electrons. The minimum absolute atomic E-state index is 0.662. The second-order valence-electron chi connectivity index (χ2n) is 4.28. The number of nitrogens with one attached hydrogen (secondary N) is 1. The highest BCUT2D eigenvalue weighted by Gasteiger charge is 2.13. The maximum absolute atomic E-state index is 8.91. The highest BCUT2D eigenvalue weighted by molar-refractivity contribution is 7.93. The van der Waals surface area contributed by atoms with Gasteiger partial charge in [0.15, 0.2) is 0 Å². The molecule has 0 atom stereocenters. The van der Waals surface area contributed by atoms with Gasteiger partial charge in [0.25, 0.3) is 0 Å². The van der Waals surface area contributed by atoms with Crippen LogP contribution in [0.2, 0.25) is 0 Å². The third kappa shape index (κ3) is 3.52. The van der Waals surface area contributed by atoms with Gasteiger partial charge in [-0.05, 0) is 37.0 Å². The van der Waals surface area contributed by atoms with Crippen LogP contribution >= 0.6 is 12.0 Å². The normalized spacial score (nSPS) is 17.0. The smallest absolute Gasteiger partial charge is 0.0574 e. The number of nitrogen functional groups attached to an aromatic ring is 1. The quantitative estimate of drug-likeness (QED) is 0.569. The topological polar surface area (TPSA) is 67.5 Å².